The van der Waals surface area contributed by atoms with E-state index in [1.807, 2.05) is 0 Å². The highest BCUT2D eigenvalue weighted by atomic mass is 16.4. The molecule has 4 heteroatoms. The summed E-state index contributed by atoms with van der Waals surface area (Å²) >= 11 is 0. The highest BCUT2D eigenvalue weighted by Gasteiger charge is 2.42. The number of carboxylic acids is 2. The molecule has 0 amide bonds. The zero-order valence-electron chi connectivity index (χ0n) is 14.7. The van der Waals surface area contributed by atoms with Gasteiger partial charge in [0.2, 0.25) is 0 Å². The van der Waals surface area contributed by atoms with Gasteiger partial charge in [-0.15, -0.1) is 0 Å². The Morgan fingerprint density at radius 1 is 0.625 bits per heavy atom. The first kappa shape index (κ1) is 17.8. The fourth-order valence-corrected chi connectivity index (χ4v) is 5.90. The van der Waals surface area contributed by atoms with Crippen LogP contribution in [0.3, 0.4) is 0 Å². The normalized spacial score (nSPS) is 38.6. The molecule has 3 saturated carbocycles. The van der Waals surface area contributed by atoms with E-state index in [0.717, 1.165) is 44.9 Å². The maximum absolute atomic E-state index is 11.7. The summed E-state index contributed by atoms with van der Waals surface area (Å²) in [5.74, 6) is 0.715. The van der Waals surface area contributed by atoms with Crippen molar-refractivity contribution < 1.29 is 19.8 Å². The predicted octanol–water partition coefficient (Wildman–Crippen LogP) is 4.57. The highest BCUT2D eigenvalue weighted by Crippen LogP contribution is 2.48. The highest BCUT2D eigenvalue weighted by molar-refractivity contribution is 5.70. The van der Waals surface area contributed by atoms with E-state index < -0.39 is 11.9 Å². The monoisotopic (exact) mass is 336 g/mol. The van der Waals surface area contributed by atoms with Crippen LogP contribution in [0, 0.1) is 35.5 Å². The molecule has 3 aliphatic rings. The van der Waals surface area contributed by atoms with Crippen molar-refractivity contribution in [1.82, 2.24) is 0 Å². The zero-order valence-corrected chi connectivity index (χ0v) is 14.7. The lowest BCUT2D eigenvalue weighted by Gasteiger charge is -2.43. The first-order valence-electron chi connectivity index (χ1n) is 10.0. The van der Waals surface area contributed by atoms with Gasteiger partial charge in [0.15, 0.2) is 0 Å². The van der Waals surface area contributed by atoms with Crippen molar-refractivity contribution in [1.29, 1.82) is 0 Å². The average Bonchev–Trinajstić information content (AvgIpc) is 2.62. The van der Waals surface area contributed by atoms with E-state index >= 15 is 0 Å². The van der Waals surface area contributed by atoms with Gasteiger partial charge in [-0.25, -0.2) is 0 Å². The summed E-state index contributed by atoms with van der Waals surface area (Å²) < 4.78 is 0. The van der Waals surface area contributed by atoms with Gasteiger partial charge in [0, 0.05) is 0 Å². The lowest BCUT2D eigenvalue weighted by Crippen LogP contribution is -2.38. The molecule has 0 bridgehead atoms. The van der Waals surface area contributed by atoms with Crippen LogP contribution in [0.15, 0.2) is 0 Å². The van der Waals surface area contributed by atoms with Gasteiger partial charge in [-0.2, -0.15) is 0 Å². The molecular weight excluding hydrogens is 304 g/mol. The Labute approximate surface area is 145 Å². The average molecular weight is 336 g/mol. The van der Waals surface area contributed by atoms with Crippen LogP contribution >= 0.6 is 0 Å². The van der Waals surface area contributed by atoms with Crippen LogP contribution in [0.5, 0.6) is 0 Å². The molecule has 24 heavy (non-hydrogen) atoms. The molecule has 0 heterocycles. The van der Waals surface area contributed by atoms with Crippen molar-refractivity contribution >= 4 is 11.9 Å². The standard InChI is InChI=1S/C20H32O4/c21-19(22)15-8-6-13(7-9-15)16-10-11-17(20(23)24)18(12-16)14-4-2-1-3-5-14/h13-18H,1-12H2,(H,21,22)(H,23,24). The largest absolute Gasteiger partial charge is 0.481 e. The molecule has 0 spiro atoms. The Morgan fingerprint density at radius 3 is 1.83 bits per heavy atom. The summed E-state index contributed by atoms with van der Waals surface area (Å²) in [5, 5.41) is 18.8. The van der Waals surface area contributed by atoms with Crippen molar-refractivity contribution in [3.8, 4) is 0 Å². The summed E-state index contributed by atoms with van der Waals surface area (Å²) in [6, 6.07) is 0. The lowest BCUT2D eigenvalue weighted by atomic mass is 9.61. The lowest BCUT2D eigenvalue weighted by molar-refractivity contribution is -0.148. The first-order chi connectivity index (χ1) is 11.6. The number of carbonyl (C=O) groups is 2. The predicted molar refractivity (Wildman–Crippen MR) is 91.6 cm³/mol. The topological polar surface area (TPSA) is 74.6 Å². The second-order valence-electron chi connectivity index (χ2n) is 8.53. The second kappa shape index (κ2) is 7.88. The summed E-state index contributed by atoms with van der Waals surface area (Å²) in [5.41, 5.74) is 0. The summed E-state index contributed by atoms with van der Waals surface area (Å²) in [6.07, 6.45) is 12.9. The van der Waals surface area contributed by atoms with Gasteiger partial charge >= 0.3 is 11.9 Å². The third kappa shape index (κ3) is 3.94. The third-order valence-electron chi connectivity index (χ3n) is 7.30. The van der Waals surface area contributed by atoms with Crippen LogP contribution in [0.25, 0.3) is 0 Å². The number of hydrogen-bond acceptors (Lipinski definition) is 2. The van der Waals surface area contributed by atoms with Gasteiger partial charge in [-0.3, -0.25) is 9.59 Å². The first-order valence-corrected chi connectivity index (χ1v) is 10.0. The molecule has 3 aliphatic carbocycles. The van der Waals surface area contributed by atoms with Crippen LogP contribution in [-0.2, 0) is 9.59 Å². The quantitative estimate of drug-likeness (QED) is 0.788. The molecule has 0 aromatic carbocycles. The Morgan fingerprint density at radius 2 is 1.25 bits per heavy atom. The van der Waals surface area contributed by atoms with E-state index in [2.05, 4.69) is 0 Å². The molecule has 4 nitrogen and oxygen atoms in total. The van der Waals surface area contributed by atoms with Gasteiger partial charge in [0.1, 0.15) is 0 Å². The van der Waals surface area contributed by atoms with Crippen molar-refractivity contribution in [2.45, 2.75) is 77.0 Å². The molecule has 0 aromatic rings. The maximum atomic E-state index is 11.7. The van der Waals surface area contributed by atoms with Gasteiger partial charge in [0.25, 0.3) is 0 Å². The Bertz CT molecular complexity index is 447. The minimum absolute atomic E-state index is 0.139. The molecule has 136 valence electrons. The van der Waals surface area contributed by atoms with E-state index in [1.165, 1.54) is 32.1 Å². The minimum Gasteiger partial charge on any atom is -0.481 e. The molecule has 0 saturated heterocycles. The molecule has 0 radical (unpaired) electrons. The van der Waals surface area contributed by atoms with Gasteiger partial charge < -0.3 is 10.2 Å². The van der Waals surface area contributed by atoms with E-state index in [0.29, 0.717) is 23.7 Å². The van der Waals surface area contributed by atoms with Crippen LogP contribution in [0.2, 0.25) is 0 Å². The van der Waals surface area contributed by atoms with Crippen LogP contribution in [0.4, 0.5) is 0 Å². The van der Waals surface area contributed by atoms with Gasteiger partial charge in [-0.1, -0.05) is 32.1 Å². The van der Waals surface area contributed by atoms with Crippen molar-refractivity contribution in [2.24, 2.45) is 35.5 Å². The molecule has 0 aromatic heterocycles. The minimum atomic E-state index is -0.636. The van der Waals surface area contributed by atoms with E-state index in [1.54, 1.807) is 0 Å². The molecule has 3 atom stereocenters. The van der Waals surface area contributed by atoms with E-state index in [9.17, 15) is 19.8 Å². The van der Waals surface area contributed by atoms with Crippen molar-refractivity contribution in [3.05, 3.63) is 0 Å². The molecule has 3 unspecified atom stereocenters. The van der Waals surface area contributed by atoms with Crippen LogP contribution in [0.1, 0.15) is 77.0 Å². The van der Waals surface area contributed by atoms with Crippen molar-refractivity contribution in [2.75, 3.05) is 0 Å². The Kier molecular flexibility index (Phi) is 5.83. The summed E-state index contributed by atoms with van der Waals surface area (Å²) in [4.78, 5) is 22.9. The van der Waals surface area contributed by atoms with Crippen LogP contribution < -0.4 is 0 Å². The maximum Gasteiger partial charge on any atom is 0.306 e. The third-order valence-corrected chi connectivity index (χ3v) is 7.30. The number of carboxylic acid groups (broad SMARTS) is 2. The zero-order chi connectivity index (χ0) is 17.1. The summed E-state index contributed by atoms with van der Waals surface area (Å²) in [6.45, 7) is 0. The van der Waals surface area contributed by atoms with Gasteiger partial charge in [-0.05, 0) is 68.6 Å². The second-order valence-corrected chi connectivity index (χ2v) is 8.53. The fraction of sp³-hybridized carbons (Fsp3) is 0.900. The number of hydrogen-bond donors (Lipinski definition) is 2. The van der Waals surface area contributed by atoms with Crippen LogP contribution in [-0.4, -0.2) is 22.2 Å². The number of rotatable bonds is 4. The SMILES string of the molecule is O=C(O)C1CCC(C2CCC(C(=O)O)C(C3CCCCC3)C2)CC1. The van der Waals surface area contributed by atoms with E-state index in [-0.39, 0.29) is 11.8 Å². The molecule has 0 aliphatic heterocycles. The number of aliphatic carboxylic acids is 2. The van der Waals surface area contributed by atoms with E-state index in [4.69, 9.17) is 0 Å². The fourth-order valence-electron chi connectivity index (χ4n) is 5.90. The molecule has 2 N–H and O–H groups in total. The van der Waals surface area contributed by atoms with Gasteiger partial charge in [0.05, 0.1) is 11.8 Å². The molecule has 3 rings (SSSR count). The Balaban J connectivity index is 1.62. The smallest absolute Gasteiger partial charge is 0.306 e. The molecular formula is C20H32O4. The van der Waals surface area contributed by atoms with Crippen molar-refractivity contribution in [3.63, 3.8) is 0 Å². The summed E-state index contributed by atoms with van der Waals surface area (Å²) in [7, 11) is 0. The molecule has 3 fully saturated rings. The Hall–Kier alpha value is -1.06.